The van der Waals surface area contributed by atoms with E-state index in [9.17, 15) is 9.18 Å². The van der Waals surface area contributed by atoms with Crippen molar-refractivity contribution in [1.82, 2.24) is 5.32 Å². The largest absolute Gasteiger partial charge is 0.399 e. The van der Waals surface area contributed by atoms with Crippen molar-refractivity contribution in [2.24, 2.45) is 0 Å². The minimum atomic E-state index is -0.508. The molecule has 3 N–H and O–H groups in total. The third-order valence-electron chi connectivity index (χ3n) is 2.94. The molecular weight excluding hydrogens is 255 g/mol. The Morgan fingerprint density at radius 1 is 1.25 bits per heavy atom. The molecule has 4 heteroatoms. The van der Waals surface area contributed by atoms with Crippen molar-refractivity contribution in [3.63, 3.8) is 0 Å². The van der Waals surface area contributed by atoms with Crippen molar-refractivity contribution in [3.05, 3.63) is 65.5 Å². The van der Waals surface area contributed by atoms with Crippen LogP contribution in [0.25, 0.3) is 0 Å². The molecule has 1 amide bonds. The number of rotatable bonds is 4. The molecule has 0 radical (unpaired) electrons. The van der Waals surface area contributed by atoms with Gasteiger partial charge in [-0.3, -0.25) is 4.79 Å². The van der Waals surface area contributed by atoms with E-state index in [-0.39, 0.29) is 23.2 Å². The molecule has 2 aromatic rings. The number of halogens is 1. The summed E-state index contributed by atoms with van der Waals surface area (Å²) in [5.41, 5.74) is 7.15. The Morgan fingerprint density at radius 2 is 1.95 bits per heavy atom. The Kier molecular flexibility index (Phi) is 4.35. The third kappa shape index (κ3) is 3.82. The van der Waals surface area contributed by atoms with E-state index in [1.165, 1.54) is 18.2 Å². The van der Waals surface area contributed by atoms with Gasteiger partial charge < -0.3 is 11.1 Å². The fourth-order valence-corrected chi connectivity index (χ4v) is 2.07. The van der Waals surface area contributed by atoms with E-state index in [0.717, 1.165) is 12.0 Å². The monoisotopic (exact) mass is 272 g/mol. The van der Waals surface area contributed by atoms with Gasteiger partial charge in [-0.15, -0.1) is 0 Å². The number of carbonyl (C=O) groups is 1. The average molecular weight is 272 g/mol. The number of nitrogens with two attached hydrogens (primary N) is 1. The molecule has 0 spiro atoms. The zero-order valence-electron chi connectivity index (χ0n) is 11.3. The summed E-state index contributed by atoms with van der Waals surface area (Å²) in [6.45, 7) is 1.91. The zero-order chi connectivity index (χ0) is 14.5. The second-order valence-electron chi connectivity index (χ2n) is 4.84. The van der Waals surface area contributed by atoms with Gasteiger partial charge >= 0.3 is 0 Å². The quantitative estimate of drug-likeness (QED) is 0.841. The SMILES string of the molecule is CC(Cc1ccccc1)NC(=O)c1cc(N)cc(F)c1. The van der Waals surface area contributed by atoms with E-state index in [0.29, 0.717) is 0 Å². The van der Waals surface area contributed by atoms with E-state index < -0.39 is 5.82 Å². The number of carbonyl (C=O) groups excluding carboxylic acids is 1. The second kappa shape index (κ2) is 6.19. The van der Waals surface area contributed by atoms with E-state index in [4.69, 9.17) is 5.73 Å². The Balaban J connectivity index is 2.00. The highest BCUT2D eigenvalue weighted by Gasteiger charge is 2.11. The topological polar surface area (TPSA) is 55.1 Å². The number of nitrogen functional groups attached to an aromatic ring is 1. The molecule has 0 fully saturated rings. The normalized spacial score (nSPS) is 11.9. The first-order valence-corrected chi connectivity index (χ1v) is 6.45. The number of anilines is 1. The van der Waals surface area contributed by atoms with Gasteiger partial charge in [-0.2, -0.15) is 0 Å². The van der Waals surface area contributed by atoms with Gasteiger partial charge in [0, 0.05) is 17.3 Å². The fourth-order valence-electron chi connectivity index (χ4n) is 2.07. The van der Waals surface area contributed by atoms with Crippen molar-refractivity contribution in [1.29, 1.82) is 0 Å². The van der Waals surface area contributed by atoms with Gasteiger partial charge in [0.25, 0.3) is 5.91 Å². The highest BCUT2D eigenvalue weighted by molar-refractivity contribution is 5.95. The Morgan fingerprint density at radius 3 is 2.60 bits per heavy atom. The number of amides is 1. The van der Waals surface area contributed by atoms with Crippen LogP contribution in [0.5, 0.6) is 0 Å². The average Bonchev–Trinajstić information content (AvgIpc) is 2.38. The molecular formula is C16H17FN2O. The van der Waals surface area contributed by atoms with Crippen LogP contribution in [0.2, 0.25) is 0 Å². The van der Waals surface area contributed by atoms with Gasteiger partial charge in [-0.05, 0) is 37.1 Å². The predicted molar refractivity (Wildman–Crippen MR) is 77.9 cm³/mol. The van der Waals surface area contributed by atoms with Gasteiger partial charge in [0.2, 0.25) is 0 Å². The summed E-state index contributed by atoms with van der Waals surface area (Å²) in [5, 5.41) is 2.84. The minimum Gasteiger partial charge on any atom is -0.399 e. The van der Waals surface area contributed by atoms with Crippen molar-refractivity contribution in [2.75, 3.05) is 5.73 Å². The lowest BCUT2D eigenvalue weighted by molar-refractivity contribution is 0.0939. The van der Waals surface area contributed by atoms with Crippen LogP contribution in [0, 0.1) is 5.82 Å². The molecule has 3 nitrogen and oxygen atoms in total. The summed E-state index contributed by atoms with van der Waals surface area (Å²) in [7, 11) is 0. The molecule has 0 saturated heterocycles. The van der Waals surface area contributed by atoms with Crippen LogP contribution in [0.3, 0.4) is 0 Å². The molecule has 1 unspecified atom stereocenters. The molecule has 0 aliphatic rings. The molecule has 2 rings (SSSR count). The maximum atomic E-state index is 13.2. The molecule has 104 valence electrons. The van der Waals surface area contributed by atoms with Gasteiger partial charge in [-0.25, -0.2) is 4.39 Å². The minimum absolute atomic E-state index is 0.0469. The van der Waals surface area contributed by atoms with Crippen LogP contribution in [0.15, 0.2) is 48.5 Å². The maximum absolute atomic E-state index is 13.2. The first kappa shape index (κ1) is 14.1. The molecule has 20 heavy (non-hydrogen) atoms. The lowest BCUT2D eigenvalue weighted by Gasteiger charge is -2.14. The summed E-state index contributed by atoms with van der Waals surface area (Å²) in [5.74, 6) is -0.828. The molecule has 0 aliphatic carbocycles. The Labute approximate surface area is 117 Å². The smallest absolute Gasteiger partial charge is 0.251 e. The van der Waals surface area contributed by atoms with E-state index in [1.54, 1.807) is 0 Å². The van der Waals surface area contributed by atoms with Crippen molar-refractivity contribution in [3.8, 4) is 0 Å². The summed E-state index contributed by atoms with van der Waals surface area (Å²) in [6.07, 6.45) is 0.720. The first-order valence-electron chi connectivity index (χ1n) is 6.45. The lowest BCUT2D eigenvalue weighted by Crippen LogP contribution is -2.34. The van der Waals surface area contributed by atoms with Crippen LogP contribution in [-0.2, 0) is 6.42 Å². The number of hydrogen-bond acceptors (Lipinski definition) is 2. The Hall–Kier alpha value is -2.36. The molecule has 0 saturated carbocycles. The number of hydrogen-bond donors (Lipinski definition) is 2. The van der Waals surface area contributed by atoms with Gasteiger partial charge in [0.1, 0.15) is 5.82 Å². The summed E-state index contributed by atoms with van der Waals surface area (Å²) < 4.78 is 13.2. The molecule has 1 atom stereocenters. The second-order valence-corrected chi connectivity index (χ2v) is 4.84. The van der Waals surface area contributed by atoms with E-state index in [2.05, 4.69) is 5.32 Å². The Bertz CT molecular complexity index is 578. The van der Waals surface area contributed by atoms with E-state index >= 15 is 0 Å². The van der Waals surface area contributed by atoms with Crippen molar-refractivity contribution < 1.29 is 9.18 Å². The van der Waals surface area contributed by atoms with Crippen molar-refractivity contribution >= 4 is 11.6 Å². The van der Waals surface area contributed by atoms with Crippen LogP contribution in [0.4, 0.5) is 10.1 Å². The molecule has 0 aromatic heterocycles. The highest BCUT2D eigenvalue weighted by atomic mass is 19.1. The zero-order valence-corrected chi connectivity index (χ0v) is 11.3. The highest BCUT2D eigenvalue weighted by Crippen LogP contribution is 2.11. The van der Waals surface area contributed by atoms with Gasteiger partial charge in [-0.1, -0.05) is 30.3 Å². The predicted octanol–water partition coefficient (Wildman–Crippen LogP) is 2.77. The van der Waals surface area contributed by atoms with Crippen LogP contribution in [0.1, 0.15) is 22.8 Å². The fraction of sp³-hybridized carbons (Fsp3) is 0.188. The van der Waals surface area contributed by atoms with Crippen LogP contribution < -0.4 is 11.1 Å². The van der Waals surface area contributed by atoms with Gasteiger partial charge in [0.05, 0.1) is 0 Å². The summed E-state index contributed by atoms with van der Waals surface area (Å²) in [6, 6.07) is 13.6. The first-order chi connectivity index (χ1) is 9.54. The molecule has 2 aromatic carbocycles. The van der Waals surface area contributed by atoms with Crippen LogP contribution >= 0.6 is 0 Å². The van der Waals surface area contributed by atoms with Crippen LogP contribution in [-0.4, -0.2) is 11.9 Å². The third-order valence-corrected chi connectivity index (χ3v) is 2.94. The molecule has 0 aliphatic heterocycles. The van der Waals surface area contributed by atoms with Crippen molar-refractivity contribution in [2.45, 2.75) is 19.4 Å². The summed E-state index contributed by atoms with van der Waals surface area (Å²) in [4.78, 5) is 12.0. The van der Waals surface area contributed by atoms with E-state index in [1.807, 2.05) is 37.3 Å². The molecule has 0 bridgehead atoms. The summed E-state index contributed by atoms with van der Waals surface area (Å²) >= 11 is 0. The molecule has 0 heterocycles. The number of nitrogens with one attached hydrogen (secondary N) is 1. The maximum Gasteiger partial charge on any atom is 0.251 e. The van der Waals surface area contributed by atoms with Gasteiger partial charge in [0.15, 0.2) is 0 Å². The standard InChI is InChI=1S/C16H17FN2O/c1-11(7-12-5-3-2-4-6-12)19-16(20)13-8-14(17)10-15(18)9-13/h2-6,8-11H,7,18H2,1H3,(H,19,20). The lowest BCUT2D eigenvalue weighted by atomic mass is 10.1. The number of benzene rings is 2.